The third kappa shape index (κ3) is 4.11. The summed E-state index contributed by atoms with van der Waals surface area (Å²) >= 11 is 8.52. The van der Waals surface area contributed by atoms with Gasteiger partial charge in [0.15, 0.2) is 0 Å². The van der Waals surface area contributed by atoms with Crippen molar-refractivity contribution in [1.82, 2.24) is 5.32 Å². The fraction of sp³-hybridized carbons (Fsp3) is 0.571. The lowest BCUT2D eigenvalue weighted by Gasteiger charge is -2.27. The average molecular weight is 366 g/mol. The van der Waals surface area contributed by atoms with Gasteiger partial charge in [0.05, 0.1) is 0 Å². The van der Waals surface area contributed by atoms with Gasteiger partial charge in [-0.15, -0.1) is 0 Å². The summed E-state index contributed by atoms with van der Waals surface area (Å²) in [6, 6.07) is 6.59. The van der Waals surface area contributed by atoms with Crippen LogP contribution in [0.3, 0.4) is 0 Å². The molecule has 0 bridgehead atoms. The summed E-state index contributed by atoms with van der Waals surface area (Å²) in [5.74, 6) is 0.668. The monoisotopic (exact) mass is 365 g/mol. The zero-order valence-corrected chi connectivity index (χ0v) is 13.7. The molecule has 1 rings (SSSR count). The maximum Gasteiger partial charge on any atom is 0.0410 e. The normalized spacial score (nSPS) is 13.1. The summed E-state index contributed by atoms with van der Waals surface area (Å²) in [7, 11) is 0. The molecule has 0 aliphatic rings. The smallest absolute Gasteiger partial charge is 0.0410 e. The molecule has 0 saturated carbocycles. The van der Waals surface area contributed by atoms with Gasteiger partial charge in [-0.3, -0.25) is 0 Å². The lowest BCUT2D eigenvalue weighted by Crippen LogP contribution is -2.28. The zero-order chi connectivity index (χ0) is 12.8. The van der Waals surface area contributed by atoms with Crippen LogP contribution in [0.25, 0.3) is 0 Å². The SMILES string of the molecule is CCNC(c1cc(Cl)ccc1I)C(CC)CC. The minimum atomic E-state index is 0.417. The van der Waals surface area contributed by atoms with Crippen LogP contribution in [0.15, 0.2) is 18.2 Å². The highest BCUT2D eigenvalue weighted by Crippen LogP contribution is 2.32. The van der Waals surface area contributed by atoms with Gasteiger partial charge in [0.2, 0.25) is 0 Å². The van der Waals surface area contributed by atoms with Crippen LogP contribution in [0.4, 0.5) is 0 Å². The quantitative estimate of drug-likeness (QED) is 0.697. The molecule has 1 N–H and O–H groups in total. The minimum Gasteiger partial charge on any atom is -0.310 e. The molecule has 0 amide bonds. The lowest BCUT2D eigenvalue weighted by molar-refractivity contribution is 0.345. The summed E-state index contributed by atoms with van der Waals surface area (Å²) in [6.45, 7) is 7.67. The summed E-state index contributed by atoms with van der Waals surface area (Å²) in [4.78, 5) is 0. The van der Waals surface area contributed by atoms with Crippen LogP contribution < -0.4 is 5.32 Å². The van der Waals surface area contributed by atoms with Gasteiger partial charge in [-0.2, -0.15) is 0 Å². The molecule has 1 aromatic carbocycles. The first-order chi connectivity index (χ1) is 8.13. The van der Waals surface area contributed by atoms with Crippen molar-refractivity contribution in [3.05, 3.63) is 32.4 Å². The van der Waals surface area contributed by atoms with Gasteiger partial charge in [0, 0.05) is 14.6 Å². The van der Waals surface area contributed by atoms with Gasteiger partial charge in [-0.1, -0.05) is 45.2 Å². The largest absolute Gasteiger partial charge is 0.310 e. The Balaban J connectivity index is 3.07. The van der Waals surface area contributed by atoms with E-state index in [1.807, 2.05) is 6.07 Å². The van der Waals surface area contributed by atoms with Crippen molar-refractivity contribution >= 4 is 34.2 Å². The van der Waals surface area contributed by atoms with E-state index >= 15 is 0 Å². The van der Waals surface area contributed by atoms with Crippen molar-refractivity contribution in [3.8, 4) is 0 Å². The molecule has 0 saturated heterocycles. The first-order valence-electron chi connectivity index (χ1n) is 6.32. The number of hydrogen-bond donors (Lipinski definition) is 1. The van der Waals surface area contributed by atoms with Gasteiger partial charge in [0.1, 0.15) is 0 Å². The molecule has 96 valence electrons. The Morgan fingerprint density at radius 2 is 1.88 bits per heavy atom. The van der Waals surface area contributed by atoms with E-state index in [2.05, 4.69) is 60.8 Å². The van der Waals surface area contributed by atoms with Crippen molar-refractivity contribution < 1.29 is 0 Å². The molecule has 0 heterocycles. The van der Waals surface area contributed by atoms with Crippen molar-refractivity contribution in [3.63, 3.8) is 0 Å². The van der Waals surface area contributed by atoms with Crippen LogP contribution in [0.5, 0.6) is 0 Å². The van der Waals surface area contributed by atoms with Crippen LogP contribution in [0, 0.1) is 9.49 Å². The van der Waals surface area contributed by atoms with Gasteiger partial charge >= 0.3 is 0 Å². The molecule has 0 fully saturated rings. The summed E-state index contributed by atoms with van der Waals surface area (Å²) in [6.07, 6.45) is 2.38. The third-order valence-electron chi connectivity index (χ3n) is 3.24. The molecule has 17 heavy (non-hydrogen) atoms. The zero-order valence-electron chi connectivity index (χ0n) is 10.8. The standard InChI is InChI=1S/C14H21ClIN/c1-4-10(5-2)14(17-6-3)12-9-11(15)7-8-13(12)16/h7-10,14,17H,4-6H2,1-3H3. The number of rotatable bonds is 6. The molecule has 0 aliphatic heterocycles. The summed E-state index contributed by atoms with van der Waals surface area (Å²) in [5, 5.41) is 4.43. The number of nitrogens with one attached hydrogen (secondary N) is 1. The molecule has 3 heteroatoms. The first kappa shape index (κ1) is 15.3. The van der Waals surface area contributed by atoms with Crippen LogP contribution in [-0.4, -0.2) is 6.54 Å². The first-order valence-corrected chi connectivity index (χ1v) is 7.77. The molecular weight excluding hydrogens is 345 g/mol. The second-order valence-corrected chi connectivity index (χ2v) is 5.88. The predicted octanol–water partition coefficient (Wildman–Crippen LogP) is 5.03. The highest BCUT2D eigenvalue weighted by molar-refractivity contribution is 14.1. The van der Waals surface area contributed by atoms with E-state index in [9.17, 15) is 0 Å². The van der Waals surface area contributed by atoms with Crippen molar-refractivity contribution in [2.45, 2.75) is 39.7 Å². The molecular formula is C14H21ClIN. The lowest BCUT2D eigenvalue weighted by atomic mass is 9.89. The van der Waals surface area contributed by atoms with E-state index in [0.717, 1.165) is 11.6 Å². The Kier molecular flexibility index (Phi) is 6.82. The highest BCUT2D eigenvalue weighted by Gasteiger charge is 2.21. The summed E-state index contributed by atoms with van der Waals surface area (Å²) in [5.41, 5.74) is 1.34. The van der Waals surface area contributed by atoms with Crippen LogP contribution in [-0.2, 0) is 0 Å². The number of halogens is 2. The number of benzene rings is 1. The number of hydrogen-bond acceptors (Lipinski definition) is 1. The van der Waals surface area contributed by atoms with Crippen molar-refractivity contribution in [1.29, 1.82) is 0 Å². The Morgan fingerprint density at radius 1 is 1.24 bits per heavy atom. The Labute approximate surface area is 123 Å². The highest BCUT2D eigenvalue weighted by atomic mass is 127. The third-order valence-corrected chi connectivity index (χ3v) is 4.45. The molecule has 1 unspecified atom stereocenters. The Morgan fingerprint density at radius 3 is 2.41 bits per heavy atom. The van der Waals surface area contributed by atoms with Gasteiger partial charge in [-0.25, -0.2) is 0 Å². The maximum atomic E-state index is 6.12. The second-order valence-electron chi connectivity index (χ2n) is 4.28. The van der Waals surface area contributed by atoms with Gasteiger partial charge in [0.25, 0.3) is 0 Å². The predicted molar refractivity (Wildman–Crippen MR) is 84.7 cm³/mol. The molecule has 0 radical (unpaired) electrons. The maximum absolute atomic E-state index is 6.12. The Bertz CT molecular complexity index is 350. The summed E-state index contributed by atoms with van der Waals surface area (Å²) < 4.78 is 1.30. The van der Waals surface area contributed by atoms with E-state index in [-0.39, 0.29) is 0 Å². The molecule has 0 aliphatic carbocycles. The van der Waals surface area contributed by atoms with Crippen molar-refractivity contribution in [2.75, 3.05) is 6.54 Å². The fourth-order valence-electron chi connectivity index (χ4n) is 2.26. The van der Waals surface area contributed by atoms with E-state index in [1.165, 1.54) is 22.0 Å². The van der Waals surface area contributed by atoms with E-state index in [1.54, 1.807) is 0 Å². The fourth-order valence-corrected chi connectivity index (χ4v) is 3.12. The molecule has 0 spiro atoms. The van der Waals surface area contributed by atoms with E-state index in [4.69, 9.17) is 11.6 Å². The topological polar surface area (TPSA) is 12.0 Å². The molecule has 0 aromatic heterocycles. The van der Waals surface area contributed by atoms with E-state index < -0.39 is 0 Å². The second kappa shape index (κ2) is 7.59. The van der Waals surface area contributed by atoms with Crippen LogP contribution >= 0.6 is 34.2 Å². The van der Waals surface area contributed by atoms with Crippen LogP contribution in [0.2, 0.25) is 5.02 Å². The van der Waals surface area contributed by atoms with Gasteiger partial charge in [-0.05, 0) is 58.8 Å². The van der Waals surface area contributed by atoms with E-state index in [0.29, 0.717) is 12.0 Å². The Hall–Kier alpha value is 0.200. The van der Waals surface area contributed by atoms with Crippen LogP contribution in [0.1, 0.15) is 45.2 Å². The molecule has 1 nitrogen and oxygen atoms in total. The molecule has 1 aromatic rings. The minimum absolute atomic E-state index is 0.417. The average Bonchev–Trinajstić information content (AvgIpc) is 2.33. The molecule has 1 atom stereocenters. The van der Waals surface area contributed by atoms with Gasteiger partial charge < -0.3 is 5.32 Å². The van der Waals surface area contributed by atoms with Crippen molar-refractivity contribution in [2.24, 2.45) is 5.92 Å².